The van der Waals surface area contributed by atoms with Gasteiger partial charge in [0.1, 0.15) is 10.6 Å². The van der Waals surface area contributed by atoms with Crippen LogP contribution in [-0.4, -0.2) is 17.9 Å². The Morgan fingerprint density at radius 1 is 0.960 bits per heavy atom. The van der Waals surface area contributed by atoms with Crippen LogP contribution in [0.1, 0.15) is 43.6 Å². The van der Waals surface area contributed by atoms with E-state index in [2.05, 4.69) is 0 Å². The van der Waals surface area contributed by atoms with Crippen molar-refractivity contribution in [3.63, 3.8) is 0 Å². The van der Waals surface area contributed by atoms with Crippen LogP contribution < -0.4 is 0 Å². The van der Waals surface area contributed by atoms with Crippen LogP contribution in [0.2, 0.25) is 0 Å². The number of nitrogens with zero attached hydrogens (tertiary/aromatic N) is 1. The number of fused-ring (bicyclic) bond motifs is 1. The van der Waals surface area contributed by atoms with Gasteiger partial charge in [-0.1, -0.05) is 25.3 Å². The standard InChI is InChI=1S/C20H21NO3S/c22-16-9-11-17(12-10-16)25(23,24)20-18(15-6-2-1-3-7-15)14-21-13-5-4-8-19(20)21/h4-5,8-15,22H,1-3,6-7H2. The number of aromatic nitrogens is 1. The van der Waals surface area contributed by atoms with Crippen LogP contribution in [0.3, 0.4) is 0 Å². The van der Waals surface area contributed by atoms with E-state index in [1.165, 1.54) is 30.7 Å². The molecular weight excluding hydrogens is 334 g/mol. The summed E-state index contributed by atoms with van der Waals surface area (Å²) in [7, 11) is -3.65. The molecule has 0 radical (unpaired) electrons. The first-order chi connectivity index (χ1) is 12.1. The first-order valence-corrected chi connectivity index (χ1v) is 10.2. The van der Waals surface area contributed by atoms with Crippen LogP contribution in [0.4, 0.5) is 0 Å². The van der Waals surface area contributed by atoms with E-state index >= 15 is 0 Å². The van der Waals surface area contributed by atoms with Crippen molar-refractivity contribution in [3.8, 4) is 5.75 Å². The minimum absolute atomic E-state index is 0.0631. The third kappa shape index (κ3) is 2.82. The summed E-state index contributed by atoms with van der Waals surface area (Å²) in [6, 6.07) is 11.4. The van der Waals surface area contributed by atoms with Crippen molar-refractivity contribution in [1.82, 2.24) is 4.40 Å². The molecule has 0 atom stereocenters. The van der Waals surface area contributed by atoms with E-state index in [0.717, 1.165) is 36.8 Å². The fourth-order valence-corrected chi connectivity index (χ4v) is 5.57. The lowest BCUT2D eigenvalue weighted by Crippen LogP contribution is -2.10. The SMILES string of the molecule is O=S(=O)(c1ccc(O)cc1)c1c(C2CCCCC2)cn2ccccc12. The molecule has 1 fully saturated rings. The molecule has 0 amide bonds. The minimum atomic E-state index is -3.65. The Balaban J connectivity index is 1.94. The maximum atomic E-state index is 13.4. The predicted molar refractivity (Wildman–Crippen MR) is 96.8 cm³/mol. The van der Waals surface area contributed by atoms with E-state index in [1.807, 2.05) is 35.0 Å². The van der Waals surface area contributed by atoms with Crippen molar-refractivity contribution in [3.05, 3.63) is 60.4 Å². The van der Waals surface area contributed by atoms with Gasteiger partial charge in [0.05, 0.1) is 10.4 Å². The molecule has 4 nitrogen and oxygen atoms in total. The molecule has 5 heteroatoms. The average molecular weight is 355 g/mol. The molecule has 0 bridgehead atoms. The summed E-state index contributed by atoms with van der Waals surface area (Å²) in [4.78, 5) is 0.644. The van der Waals surface area contributed by atoms with Crippen LogP contribution in [0, 0.1) is 0 Å². The van der Waals surface area contributed by atoms with Gasteiger partial charge in [0, 0.05) is 12.4 Å². The van der Waals surface area contributed by atoms with Crippen molar-refractivity contribution in [2.75, 3.05) is 0 Å². The molecule has 2 aromatic heterocycles. The maximum absolute atomic E-state index is 13.4. The summed E-state index contributed by atoms with van der Waals surface area (Å²) in [5, 5.41) is 9.48. The lowest BCUT2D eigenvalue weighted by molar-refractivity contribution is 0.439. The Morgan fingerprint density at radius 2 is 1.68 bits per heavy atom. The van der Waals surface area contributed by atoms with Crippen molar-refractivity contribution in [1.29, 1.82) is 0 Å². The highest BCUT2D eigenvalue weighted by Gasteiger charge is 2.30. The van der Waals surface area contributed by atoms with Gasteiger partial charge < -0.3 is 9.51 Å². The minimum Gasteiger partial charge on any atom is -0.508 e. The van der Waals surface area contributed by atoms with E-state index in [1.54, 1.807) is 0 Å². The molecule has 0 aliphatic heterocycles. The number of hydrogen-bond acceptors (Lipinski definition) is 3. The zero-order valence-corrected chi connectivity index (χ0v) is 14.7. The lowest BCUT2D eigenvalue weighted by atomic mass is 9.85. The normalized spacial score (nSPS) is 16.3. The molecule has 4 rings (SSSR count). The van der Waals surface area contributed by atoms with Gasteiger partial charge in [0.15, 0.2) is 0 Å². The first kappa shape index (κ1) is 16.2. The monoisotopic (exact) mass is 355 g/mol. The number of phenolic OH excluding ortho intramolecular Hbond substituents is 1. The van der Waals surface area contributed by atoms with Crippen molar-refractivity contribution >= 4 is 15.4 Å². The van der Waals surface area contributed by atoms with Crippen LogP contribution >= 0.6 is 0 Å². The molecule has 1 saturated carbocycles. The van der Waals surface area contributed by atoms with Crippen molar-refractivity contribution in [2.24, 2.45) is 0 Å². The summed E-state index contributed by atoms with van der Waals surface area (Å²) in [6.07, 6.45) is 9.48. The largest absolute Gasteiger partial charge is 0.508 e. The number of benzene rings is 1. The quantitative estimate of drug-likeness (QED) is 0.751. The zero-order chi connectivity index (χ0) is 17.4. The fraction of sp³-hybridized carbons (Fsp3) is 0.300. The summed E-state index contributed by atoms with van der Waals surface area (Å²) >= 11 is 0. The van der Waals surface area contributed by atoms with Crippen LogP contribution in [0.15, 0.2) is 64.6 Å². The molecule has 25 heavy (non-hydrogen) atoms. The van der Waals surface area contributed by atoms with Crippen molar-refractivity contribution < 1.29 is 13.5 Å². The molecule has 130 valence electrons. The fourth-order valence-electron chi connectivity index (χ4n) is 3.86. The van der Waals surface area contributed by atoms with Gasteiger partial charge in [-0.05, 0) is 60.7 Å². The Labute approximate surface area is 147 Å². The van der Waals surface area contributed by atoms with Crippen LogP contribution in [-0.2, 0) is 9.84 Å². The Hall–Kier alpha value is -2.27. The van der Waals surface area contributed by atoms with Gasteiger partial charge in [-0.2, -0.15) is 0 Å². The Morgan fingerprint density at radius 3 is 2.40 bits per heavy atom. The molecule has 2 heterocycles. The highest BCUT2D eigenvalue weighted by molar-refractivity contribution is 7.91. The molecule has 1 N–H and O–H groups in total. The van der Waals surface area contributed by atoms with Gasteiger partial charge >= 0.3 is 0 Å². The molecule has 1 aromatic carbocycles. The molecule has 0 spiro atoms. The molecular formula is C20H21NO3S. The molecule has 1 aliphatic carbocycles. The van der Waals surface area contributed by atoms with Crippen LogP contribution in [0.5, 0.6) is 5.75 Å². The van der Waals surface area contributed by atoms with E-state index in [4.69, 9.17) is 0 Å². The van der Waals surface area contributed by atoms with Crippen LogP contribution in [0.25, 0.3) is 5.52 Å². The third-order valence-corrected chi connectivity index (χ3v) is 7.00. The number of phenols is 1. The third-order valence-electron chi connectivity index (χ3n) is 5.12. The second-order valence-electron chi connectivity index (χ2n) is 6.74. The predicted octanol–water partition coefficient (Wildman–Crippen LogP) is 4.53. The molecule has 1 aliphatic rings. The Bertz CT molecular complexity index is 997. The van der Waals surface area contributed by atoms with E-state index < -0.39 is 9.84 Å². The first-order valence-electron chi connectivity index (χ1n) is 8.71. The Kier molecular flexibility index (Phi) is 4.04. The highest BCUT2D eigenvalue weighted by Crippen LogP contribution is 2.40. The van der Waals surface area contributed by atoms with E-state index in [9.17, 15) is 13.5 Å². The smallest absolute Gasteiger partial charge is 0.209 e. The number of pyridine rings is 1. The number of rotatable bonds is 3. The van der Waals surface area contributed by atoms with Gasteiger partial charge in [0.2, 0.25) is 9.84 Å². The van der Waals surface area contributed by atoms with E-state index in [-0.39, 0.29) is 16.6 Å². The van der Waals surface area contributed by atoms with Crippen molar-refractivity contribution in [2.45, 2.75) is 47.8 Å². The topological polar surface area (TPSA) is 58.8 Å². The van der Waals surface area contributed by atoms with Gasteiger partial charge in [-0.15, -0.1) is 0 Å². The maximum Gasteiger partial charge on any atom is 0.209 e. The molecule has 0 unspecified atom stereocenters. The van der Waals surface area contributed by atoms with Gasteiger partial charge in [-0.3, -0.25) is 0 Å². The average Bonchev–Trinajstić information content (AvgIpc) is 3.03. The summed E-state index contributed by atoms with van der Waals surface area (Å²) in [6.45, 7) is 0. The summed E-state index contributed by atoms with van der Waals surface area (Å²) in [5.74, 6) is 0.351. The molecule has 0 saturated heterocycles. The number of sulfone groups is 1. The molecule has 3 aromatic rings. The summed E-state index contributed by atoms with van der Waals surface area (Å²) in [5.41, 5.74) is 1.65. The zero-order valence-electron chi connectivity index (χ0n) is 13.9. The second kappa shape index (κ2) is 6.23. The van der Waals surface area contributed by atoms with Gasteiger partial charge in [-0.25, -0.2) is 8.42 Å². The summed E-state index contributed by atoms with van der Waals surface area (Å²) < 4.78 is 28.7. The van der Waals surface area contributed by atoms with E-state index in [0.29, 0.717) is 4.90 Å². The highest BCUT2D eigenvalue weighted by atomic mass is 32.2. The van der Waals surface area contributed by atoms with Gasteiger partial charge in [0.25, 0.3) is 0 Å². The lowest BCUT2D eigenvalue weighted by Gasteiger charge is -2.22. The number of hydrogen-bond donors (Lipinski definition) is 1. The number of aromatic hydroxyl groups is 1. The second-order valence-corrected chi connectivity index (χ2v) is 8.63.